The number of hydrogen-bond donors (Lipinski definition) is 1. The molecule has 46 heavy (non-hydrogen) atoms. The second-order valence-corrected chi connectivity index (χ2v) is 12.6. The van der Waals surface area contributed by atoms with Gasteiger partial charge in [0.25, 0.3) is 0 Å². The summed E-state index contributed by atoms with van der Waals surface area (Å²) in [6.07, 6.45) is 0. The Balaban J connectivity index is 1.25. The summed E-state index contributed by atoms with van der Waals surface area (Å²) in [5, 5.41) is 3.73. The minimum absolute atomic E-state index is 0.184. The van der Waals surface area contributed by atoms with E-state index in [-0.39, 0.29) is 19.3 Å². The summed E-state index contributed by atoms with van der Waals surface area (Å²) in [7, 11) is 0. The Hall–Kier alpha value is -3.91. The van der Waals surface area contributed by atoms with Crippen LogP contribution in [-0.4, -0.2) is 67.7 Å². The summed E-state index contributed by atoms with van der Waals surface area (Å²) in [6, 6.07) is 25.1. The lowest BCUT2D eigenvalue weighted by molar-refractivity contribution is -0.140. The molecular formula is C38H44ClN3O4. The average molecular weight is 642 g/mol. The molecule has 1 atom stereocenters. The van der Waals surface area contributed by atoms with E-state index in [1.165, 1.54) is 22.3 Å². The number of halogens is 1. The standard InChI is InChI=1S/C38H44ClN3O4/c1-6-45-37(43)33-27(4)40-28(5)34(35(33)31-8-7-9-32(39)24-31)38(44)46-23-22-41-18-20-42(21-19-41)36(29-14-10-25(2)11-15-29)30-16-12-26(3)13-17-30/h7-17,24,35-36,40H,6,18-23H2,1-5H3. The largest absolute Gasteiger partial charge is 0.463 e. The summed E-state index contributed by atoms with van der Waals surface area (Å²) in [5.74, 6) is -1.58. The highest BCUT2D eigenvalue weighted by Crippen LogP contribution is 2.40. The molecule has 1 unspecified atom stereocenters. The van der Waals surface area contributed by atoms with Crippen molar-refractivity contribution < 1.29 is 19.1 Å². The Labute approximate surface area is 277 Å². The van der Waals surface area contributed by atoms with E-state index in [1.807, 2.05) is 26.0 Å². The molecule has 0 amide bonds. The molecule has 0 bridgehead atoms. The van der Waals surface area contributed by atoms with Crippen molar-refractivity contribution >= 4 is 23.5 Å². The average Bonchev–Trinajstić information content (AvgIpc) is 3.03. The molecular weight excluding hydrogens is 598 g/mol. The number of allylic oxidation sites excluding steroid dienone is 2. The third kappa shape index (κ3) is 7.72. The van der Waals surface area contributed by atoms with Crippen LogP contribution in [0.25, 0.3) is 0 Å². The quantitative estimate of drug-likeness (QED) is 0.247. The van der Waals surface area contributed by atoms with Gasteiger partial charge in [-0.05, 0) is 63.4 Å². The van der Waals surface area contributed by atoms with E-state index in [9.17, 15) is 9.59 Å². The van der Waals surface area contributed by atoms with E-state index in [2.05, 4.69) is 77.5 Å². The van der Waals surface area contributed by atoms with Gasteiger partial charge in [-0.3, -0.25) is 9.80 Å². The van der Waals surface area contributed by atoms with Gasteiger partial charge >= 0.3 is 11.9 Å². The van der Waals surface area contributed by atoms with Gasteiger partial charge in [-0.1, -0.05) is 83.4 Å². The Bertz CT molecular complexity index is 1560. The van der Waals surface area contributed by atoms with Gasteiger partial charge in [-0.15, -0.1) is 0 Å². The molecule has 0 aromatic heterocycles. The highest BCUT2D eigenvalue weighted by Gasteiger charge is 2.38. The number of esters is 2. The summed E-state index contributed by atoms with van der Waals surface area (Å²) < 4.78 is 11.3. The summed E-state index contributed by atoms with van der Waals surface area (Å²) >= 11 is 6.34. The predicted molar refractivity (Wildman–Crippen MR) is 183 cm³/mol. The molecule has 1 N–H and O–H groups in total. The van der Waals surface area contributed by atoms with Gasteiger partial charge in [-0.25, -0.2) is 9.59 Å². The highest BCUT2D eigenvalue weighted by molar-refractivity contribution is 6.30. The van der Waals surface area contributed by atoms with Gasteiger partial charge in [0.2, 0.25) is 0 Å². The lowest BCUT2D eigenvalue weighted by Crippen LogP contribution is -2.48. The van der Waals surface area contributed by atoms with Gasteiger partial charge in [0.1, 0.15) is 6.61 Å². The number of carbonyl (C=O) groups excluding carboxylic acids is 2. The van der Waals surface area contributed by atoms with Gasteiger partial charge < -0.3 is 14.8 Å². The molecule has 0 spiro atoms. The van der Waals surface area contributed by atoms with Crippen LogP contribution in [0, 0.1) is 13.8 Å². The molecule has 8 heteroatoms. The molecule has 2 heterocycles. The van der Waals surface area contributed by atoms with E-state index in [0.29, 0.717) is 34.1 Å². The molecule has 242 valence electrons. The molecule has 0 radical (unpaired) electrons. The first-order valence-electron chi connectivity index (χ1n) is 16.0. The van der Waals surface area contributed by atoms with Crippen molar-refractivity contribution in [3.05, 3.63) is 128 Å². The fourth-order valence-corrected chi connectivity index (χ4v) is 6.66. The predicted octanol–water partition coefficient (Wildman–Crippen LogP) is 6.71. The minimum Gasteiger partial charge on any atom is -0.463 e. The summed E-state index contributed by atoms with van der Waals surface area (Å²) in [6.45, 7) is 14.3. The molecule has 1 saturated heterocycles. The topological polar surface area (TPSA) is 71.1 Å². The second kappa shape index (κ2) is 15.1. The van der Waals surface area contributed by atoms with Crippen LogP contribution in [0.4, 0.5) is 0 Å². The molecule has 3 aromatic rings. The Kier molecular flexibility index (Phi) is 11.0. The normalized spacial score (nSPS) is 17.7. The number of rotatable bonds is 10. The number of aryl methyl sites for hydroxylation is 2. The first-order valence-corrected chi connectivity index (χ1v) is 16.4. The third-order valence-electron chi connectivity index (χ3n) is 8.86. The van der Waals surface area contributed by atoms with Crippen LogP contribution in [0.3, 0.4) is 0 Å². The Morgan fingerprint density at radius 1 is 0.804 bits per heavy atom. The SMILES string of the molecule is CCOC(=O)C1=C(C)NC(C)=C(C(=O)OCCN2CCN(C(c3ccc(C)cc3)c3ccc(C)cc3)CC2)C1c1cccc(Cl)c1. The number of nitrogens with one attached hydrogen (secondary N) is 1. The number of piperazine rings is 1. The molecule has 7 nitrogen and oxygen atoms in total. The zero-order valence-corrected chi connectivity index (χ0v) is 28.2. The minimum atomic E-state index is -0.657. The van der Waals surface area contributed by atoms with Crippen molar-refractivity contribution in [2.75, 3.05) is 45.9 Å². The number of benzene rings is 3. The molecule has 0 aliphatic carbocycles. The molecule has 1 fully saturated rings. The van der Waals surface area contributed by atoms with Crippen molar-refractivity contribution in [1.29, 1.82) is 0 Å². The van der Waals surface area contributed by atoms with Gasteiger partial charge in [-0.2, -0.15) is 0 Å². The highest BCUT2D eigenvalue weighted by atomic mass is 35.5. The maximum Gasteiger partial charge on any atom is 0.336 e. The van der Waals surface area contributed by atoms with Crippen molar-refractivity contribution in [2.45, 2.75) is 46.6 Å². The van der Waals surface area contributed by atoms with Crippen LogP contribution < -0.4 is 5.32 Å². The first kappa shape index (κ1) is 33.5. The van der Waals surface area contributed by atoms with Crippen LogP contribution in [0.1, 0.15) is 60.5 Å². The summed E-state index contributed by atoms with van der Waals surface area (Å²) in [4.78, 5) is 31.7. The second-order valence-electron chi connectivity index (χ2n) is 12.1. The summed E-state index contributed by atoms with van der Waals surface area (Å²) in [5.41, 5.74) is 7.89. The number of dihydropyridines is 1. The van der Waals surface area contributed by atoms with Crippen molar-refractivity contribution in [3.8, 4) is 0 Å². The number of ether oxygens (including phenoxy) is 2. The van der Waals surface area contributed by atoms with Crippen LogP contribution in [-0.2, 0) is 19.1 Å². The molecule has 2 aliphatic heterocycles. The molecule has 0 saturated carbocycles. The third-order valence-corrected chi connectivity index (χ3v) is 9.09. The fourth-order valence-electron chi connectivity index (χ4n) is 6.47. The van der Waals surface area contributed by atoms with E-state index >= 15 is 0 Å². The smallest absolute Gasteiger partial charge is 0.336 e. The monoisotopic (exact) mass is 641 g/mol. The number of hydrogen-bond acceptors (Lipinski definition) is 7. The molecule has 3 aromatic carbocycles. The van der Waals surface area contributed by atoms with E-state index < -0.39 is 17.9 Å². The van der Waals surface area contributed by atoms with Gasteiger partial charge in [0.05, 0.1) is 29.7 Å². The van der Waals surface area contributed by atoms with Gasteiger partial charge in [0, 0.05) is 49.1 Å². The van der Waals surface area contributed by atoms with E-state index in [1.54, 1.807) is 19.1 Å². The lowest BCUT2D eigenvalue weighted by atomic mass is 9.80. The molecule has 5 rings (SSSR count). The Morgan fingerprint density at radius 2 is 1.35 bits per heavy atom. The van der Waals surface area contributed by atoms with Crippen LogP contribution >= 0.6 is 11.6 Å². The molecule has 2 aliphatic rings. The van der Waals surface area contributed by atoms with E-state index in [4.69, 9.17) is 21.1 Å². The zero-order valence-electron chi connectivity index (χ0n) is 27.4. The van der Waals surface area contributed by atoms with Crippen molar-refractivity contribution in [3.63, 3.8) is 0 Å². The van der Waals surface area contributed by atoms with Crippen molar-refractivity contribution in [2.24, 2.45) is 0 Å². The maximum absolute atomic E-state index is 13.7. The van der Waals surface area contributed by atoms with E-state index in [0.717, 1.165) is 31.7 Å². The Morgan fingerprint density at radius 3 is 1.87 bits per heavy atom. The lowest BCUT2D eigenvalue weighted by Gasteiger charge is -2.39. The maximum atomic E-state index is 13.7. The fraction of sp³-hybridized carbons (Fsp3) is 0.368. The number of nitrogens with zero attached hydrogens (tertiary/aromatic N) is 2. The first-order chi connectivity index (χ1) is 22.2. The van der Waals surface area contributed by atoms with Crippen LogP contribution in [0.5, 0.6) is 0 Å². The van der Waals surface area contributed by atoms with Crippen LogP contribution in [0.15, 0.2) is 95.3 Å². The number of carbonyl (C=O) groups is 2. The van der Waals surface area contributed by atoms with Crippen molar-refractivity contribution in [1.82, 2.24) is 15.1 Å². The zero-order chi connectivity index (χ0) is 32.8. The van der Waals surface area contributed by atoms with Gasteiger partial charge in [0.15, 0.2) is 0 Å². The van der Waals surface area contributed by atoms with Crippen LogP contribution in [0.2, 0.25) is 5.02 Å².